The Balaban J connectivity index is -0.000000103. The number of benzene rings is 2. The molecule has 0 fully saturated rings. The van der Waals surface area contributed by atoms with E-state index in [2.05, 4.69) is 137 Å². The molecule has 0 aromatic heterocycles. The normalized spacial score (nSPS) is 9.62. The number of halogens is 7. The zero-order valence-corrected chi connectivity index (χ0v) is 33.4. The van der Waals surface area contributed by atoms with Crippen LogP contribution < -0.4 is 0 Å². The topological polar surface area (TPSA) is 88.5 Å². The van der Waals surface area contributed by atoms with Crippen molar-refractivity contribution in [2.45, 2.75) is 47.8 Å². The molecule has 34 heavy (non-hydrogen) atoms. The third kappa shape index (κ3) is 76.5. The summed E-state index contributed by atoms with van der Waals surface area (Å²) in [6, 6.07) is 19.9. The average molecular weight is 1120 g/mol. The van der Waals surface area contributed by atoms with Crippen molar-refractivity contribution in [2.24, 2.45) is 0 Å². The molecule has 202 valence electrons. The molecule has 2 rings (SSSR count). The Labute approximate surface area is 284 Å². The molecule has 14 heteroatoms. The lowest BCUT2D eigenvalue weighted by Crippen LogP contribution is -1.87. The van der Waals surface area contributed by atoms with Gasteiger partial charge in [0.25, 0.3) is 9.05 Å². The molecule has 0 aliphatic heterocycles. The predicted octanol–water partition coefficient (Wildman–Crippen LogP) is 10.5. The van der Waals surface area contributed by atoms with E-state index in [1.807, 2.05) is 64.1 Å². The van der Waals surface area contributed by atoms with Gasteiger partial charge in [-0.05, 0) is 26.0 Å². The highest BCUT2D eigenvalue weighted by molar-refractivity contribution is 14.3. The first kappa shape index (κ1) is 46.4. The third-order valence-corrected chi connectivity index (χ3v) is 3.06. The summed E-state index contributed by atoms with van der Waals surface area (Å²) in [7, 11) is 1.36. The number of hydrogen-bond donors (Lipinski definition) is 1. The number of rotatable bonds is 1. The molecule has 0 saturated carbocycles. The van der Waals surface area contributed by atoms with E-state index in [0.29, 0.717) is -0.565 Å². The highest BCUT2D eigenvalue weighted by atomic mass is 127. The van der Waals surface area contributed by atoms with Crippen LogP contribution >= 0.6 is 134 Å². The zero-order valence-electron chi connectivity index (χ0n) is 19.5. The van der Waals surface area contributed by atoms with Crippen LogP contribution in [0.15, 0.2) is 71.6 Å². The van der Waals surface area contributed by atoms with Gasteiger partial charge in [0, 0.05) is 21.4 Å². The van der Waals surface area contributed by atoms with E-state index in [9.17, 15) is 8.42 Å². The fraction of sp³-hybridized carbons (Fsp3) is 0.400. The van der Waals surface area contributed by atoms with E-state index >= 15 is 0 Å². The molecule has 2 aromatic rings. The average Bonchev–Trinajstić information content (AvgIpc) is 2.70. The van der Waals surface area contributed by atoms with Gasteiger partial charge in [0.2, 0.25) is 0 Å². The third-order valence-electron chi connectivity index (χ3n) is 1.69. The summed E-state index contributed by atoms with van der Waals surface area (Å²) in [6.45, 7) is 12.3. The summed E-state index contributed by atoms with van der Waals surface area (Å²) in [4.78, 5) is 0.136. The molecular weight excluding hydrogens is 1090 g/mol. The van der Waals surface area contributed by atoms with Crippen LogP contribution in [0.25, 0.3) is 0 Å². The first-order valence-electron chi connectivity index (χ1n) is 9.35. The van der Waals surface area contributed by atoms with Gasteiger partial charge in [-0.25, -0.2) is 8.42 Å². The van der Waals surface area contributed by atoms with Crippen LogP contribution in [0.3, 0.4) is 0 Å². The van der Waals surface area contributed by atoms with Crippen LogP contribution in [0.2, 0.25) is 0 Å². The van der Waals surface area contributed by atoms with Crippen molar-refractivity contribution in [2.75, 3.05) is 0 Å². The second kappa shape index (κ2) is 30.1. The van der Waals surface area contributed by atoms with Gasteiger partial charge in [0.1, 0.15) is -0.565 Å². The van der Waals surface area contributed by atoms with Crippen LogP contribution in [0.1, 0.15) is 41.5 Å². The lowest BCUT2D eigenvalue weighted by molar-refractivity contribution is 0.501. The molecule has 0 amide bonds. The van der Waals surface area contributed by atoms with Crippen LogP contribution in [-0.2, 0) is 18.4 Å². The summed E-state index contributed by atoms with van der Waals surface area (Å²) in [5, 5.41) is 0. The smallest absolute Gasteiger partial charge is 0.273 e. The molecule has 0 spiro atoms. The van der Waals surface area contributed by atoms with Crippen molar-refractivity contribution >= 4 is 153 Å². The SMILES string of the molecule is CC.CC.CC(I)(I)I.CC(I)I.O=S(=O)(Cl)c1ccccc1.O=S(=O)(O)Cl.c1ccccc1. The van der Waals surface area contributed by atoms with E-state index in [0.717, 1.165) is 1.93 Å². The van der Waals surface area contributed by atoms with Crippen LogP contribution in [-0.4, -0.2) is 22.8 Å². The molecule has 2 aromatic carbocycles. The maximum absolute atomic E-state index is 10.6. The second-order valence-corrected chi connectivity index (χ2v) is 28.0. The fourth-order valence-electron chi connectivity index (χ4n) is 0.968. The molecule has 1 N–H and O–H groups in total. The van der Waals surface area contributed by atoms with Crippen molar-refractivity contribution < 1.29 is 21.4 Å². The highest BCUT2D eigenvalue weighted by Crippen LogP contribution is 2.33. The molecule has 5 nitrogen and oxygen atoms in total. The van der Waals surface area contributed by atoms with E-state index in [1.165, 1.54) is 12.1 Å². The van der Waals surface area contributed by atoms with Crippen molar-refractivity contribution in [3.05, 3.63) is 66.7 Å². The maximum atomic E-state index is 10.6. The quantitative estimate of drug-likeness (QED) is 0.133. The Morgan fingerprint density at radius 1 is 0.735 bits per heavy atom. The summed E-state index contributed by atoms with van der Waals surface area (Å²) in [6.07, 6.45) is 0. The molecule has 0 heterocycles. The Hall–Kier alpha value is 2.53. The van der Waals surface area contributed by atoms with Crippen LogP contribution in [0.5, 0.6) is 0 Å². The summed E-state index contributed by atoms with van der Waals surface area (Å²) >= 11 is 11.7. The lowest BCUT2D eigenvalue weighted by Gasteiger charge is -1.96. The van der Waals surface area contributed by atoms with Gasteiger partial charge in [0.15, 0.2) is 0 Å². The summed E-state index contributed by atoms with van der Waals surface area (Å²) in [5.74, 6) is 0. The summed E-state index contributed by atoms with van der Waals surface area (Å²) < 4.78 is 47.5. The minimum Gasteiger partial charge on any atom is -0.273 e. The predicted molar refractivity (Wildman–Crippen MR) is 194 cm³/mol. The van der Waals surface area contributed by atoms with Crippen LogP contribution in [0.4, 0.5) is 0 Å². The first-order valence-corrected chi connectivity index (χ1v) is 19.7. The molecular formula is C20H31Cl2I5O5S2. The van der Waals surface area contributed by atoms with Gasteiger partial charge in [0.05, 0.1) is 6.83 Å². The fourth-order valence-corrected chi connectivity index (χ4v) is 1.76. The largest absolute Gasteiger partial charge is 0.353 e. The van der Waals surface area contributed by atoms with E-state index in [-0.39, 0.29) is 4.90 Å². The Morgan fingerprint density at radius 2 is 0.882 bits per heavy atom. The lowest BCUT2D eigenvalue weighted by atomic mass is 10.4. The van der Waals surface area contributed by atoms with Crippen molar-refractivity contribution in [1.29, 1.82) is 0 Å². The van der Waals surface area contributed by atoms with Gasteiger partial charge < -0.3 is 0 Å². The van der Waals surface area contributed by atoms with E-state index in [4.69, 9.17) is 23.7 Å². The number of alkyl halides is 5. The molecule has 0 saturated heterocycles. The zero-order chi connectivity index (χ0) is 28.4. The van der Waals surface area contributed by atoms with Gasteiger partial charge >= 0.3 is 9.33 Å². The minimum atomic E-state index is -4.19. The Morgan fingerprint density at radius 3 is 1.00 bits per heavy atom. The molecule has 0 atom stereocenters. The van der Waals surface area contributed by atoms with Crippen molar-refractivity contribution in [3.63, 3.8) is 0 Å². The van der Waals surface area contributed by atoms with Gasteiger partial charge in [-0.2, -0.15) is 8.42 Å². The van der Waals surface area contributed by atoms with Crippen molar-refractivity contribution in [3.8, 4) is 0 Å². The van der Waals surface area contributed by atoms with Crippen molar-refractivity contribution in [1.82, 2.24) is 0 Å². The minimum absolute atomic E-state index is 0.136. The van der Waals surface area contributed by atoms with E-state index in [1.54, 1.807) is 18.2 Å². The maximum Gasteiger partial charge on any atom is 0.353 e. The van der Waals surface area contributed by atoms with Crippen LogP contribution in [0, 0.1) is 0 Å². The molecule has 0 aliphatic rings. The molecule has 0 aliphatic carbocycles. The highest BCUT2D eigenvalue weighted by Gasteiger charge is 2.06. The summed E-state index contributed by atoms with van der Waals surface area (Å²) in [5.41, 5.74) is 0. The monoisotopic (exact) mass is 1120 g/mol. The molecule has 0 radical (unpaired) electrons. The molecule has 0 unspecified atom stereocenters. The van der Waals surface area contributed by atoms with Gasteiger partial charge in [-0.1, -0.05) is 195 Å². The first-order chi connectivity index (χ1) is 15.3. The van der Waals surface area contributed by atoms with E-state index < -0.39 is 18.4 Å². The Bertz CT molecular complexity index is 808. The second-order valence-electron chi connectivity index (χ2n) is 4.62. The Kier molecular flexibility index (Phi) is 41.0. The standard InChI is InChI=1S/C6H5ClO2S.C6H6.C2H3I3.C2H4I2.2C2H6.ClHO3S/c7-10(8,9)6-4-2-1-3-5-6;1-2-4-6-5-3-1;1-2(3,4)5;1-2(3)4;2*1-2;1-5(2,3)4/h1-5H;1-6H;1H3;2H,1H3;2*1-2H3;(H,2,3,4). The van der Waals surface area contributed by atoms with Gasteiger partial charge in [-0.15, -0.1) is 0 Å². The van der Waals surface area contributed by atoms with Gasteiger partial charge in [-0.3, -0.25) is 4.55 Å². The molecule has 0 bridgehead atoms. The number of hydrogen-bond acceptors (Lipinski definition) is 4.